The van der Waals surface area contributed by atoms with Crippen LogP contribution in [0, 0.1) is 0 Å². The number of nitrogens with one attached hydrogen (secondary N) is 1. The minimum Gasteiger partial charge on any atom is -0.497 e. The van der Waals surface area contributed by atoms with Gasteiger partial charge in [-0.05, 0) is 37.5 Å². The van der Waals surface area contributed by atoms with Crippen molar-refractivity contribution >= 4 is 5.91 Å². The summed E-state index contributed by atoms with van der Waals surface area (Å²) in [6, 6.07) is 7.41. The van der Waals surface area contributed by atoms with Crippen LogP contribution in [0.25, 0.3) is 0 Å². The molecule has 1 aromatic carbocycles. The van der Waals surface area contributed by atoms with E-state index in [2.05, 4.69) is 20.1 Å². The van der Waals surface area contributed by atoms with Gasteiger partial charge in [0.1, 0.15) is 11.6 Å². The average Bonchev–Trinajstić information content (AvgIpc) is 2.84. The second-order valence-electron chi connectivity index (χ2n) is 6.25. The monoisotopic (exact) mass is 328 g/mol. The standard InChI is InChI=1S/C18H24N4O2/c1-13(18-21-20-16-6-4-3-5-11-22(16)18)19-17(23)12-14-7-9-15(24-2)10-8-14/h7-10,13H,3-6,11-12H2,1-2H3,(H,19,23)/t13-/m1/s1. The van der Waals surface area contributed by atoms with Gasteiger partial charge in [0.15, 0.2) is 5.82 Å². The first-order valence-electron chi connectivity index (χ1n) is 8.51. The maximum absolute atomic E-state index is 12.3. The van der Waals surface area contributed by atoms with Crippen molar-refractivity contribution in [1.29, 1.82) is 0 Å². The van der Waals surface area contributed by atoms with Gasteiger partial charge in [0.2, 0.25) is 5.91 Å². The zero-order chi connectivity index (χ0) is 16.9. The third-order valence-corrected chi connectivity index (χ3v) is 4.43. The number of aromatic nitrogens is 3. The van der Waals surface area contributed by atoms with Crippen LogP contribution in [0.15, 0.2) is 24.3 Å². The molecule has 24 heavy (non-hydrogen) atoms. The van der Waals surface area contributed by atoms with Crippen molar-refractivity contribution in [2.45, 2.75) is 51.6 Å². The molecule has 0 spiro atoms. The highest BCUT2D eigenvalue weighted by Gasteiger charge is 2.20. The number of amides is 1. The van der Waals surface area contributed by atoms with Gasteiger partial charge in [-0.3, -0.25) is 4.79 Å². The smallest absolute Gasteiger partial charge is 0.224 e. The quantitative estimate of drug-likeness (QED) is 0.915. The summed E-state index contributed by atoms with van der Waals surface area (Å²) >= 11 is 0. The summed E-state index contributed by atoms with van der Waals surface area (Å²) in [5, 5.41) is 11.6. The van der Waals surface area contributed by atoms with Crippen molar-refractivity contribution in [3.8, 4) is 5.75 Å². The first kappa shape index (κ1) is 16.5. The third-order valence-electron chi connectivity index (χ3n) is 4.43. The third kappa shape index (κ3) is 3.75. The van der Waals surface area contributed by atoms with Crippen LogP contribution in [0.4, 0.5) is 0 Å². The Balaban J connectivity index is 1.62. The summed E-state index contributed by atoms with van der Waals surface area (Å²) in [6.07, 6.45) is 4.84. The number of methoxy groups -OCH3 is 1. The molecule has 128 valence electrons. The molecular formula is C18H24N4O2. The van der Waals surface area contributed by atoms with Crippen molar-refractivity contribution < 1.29 is 9.53 Å². The molecule has 2 heterocycles. The number of carbonyl (C=O) groups is 1. The summed E-state index contributed by atoms with van der Waals surface area (Å²) in [5.41, 5.74) is 0.959. The number of benzene rings is 1. The number of hydrogen-bond acceptors (Lipinski definition) is 4. The molecular weight excluding hydrogens is 304 g/mol. The Morgan fingerprint density at radius 3 is 2.79 bits per heavy atom. The van der Waals surface area contributed by atoms with E-state index in [1.165, 1.54) is 6.42 Å². The fraction of sp³-hybridized carbons (Fsp3) is 0.500. The van der Waals surface area contributed by atoms with Crippen LogP contribution in [0.1, 0.15) is 49.4 Å². The Kier molecular flexibility index (Phi) is 5.13. The van der Waals surface area contributed by atoms with Crippen molar-refractivity contribution in [2.75, 3.05) is 7.11 Å². The molecule has 6 heteroatoms. The minimum absolute atomic E-state index is 0.0151. The van der Waals surface area contributed by atoms with Crippen molar-refractivity contribution in [3.05, 3.63) is 41.5 Å². The summed E-state index contributed by atoms with van der Waals surface area (Å²) in [6.45, 7) is 2.91. The summed E-state index contributed by atoms with van der Waals surface area (Å²) in [5.74, 6) is 2.67. The predicted octanol–water partition coefficient (Wildman–Crippen LogP) is 2.43. The Morgan fingerprint density at radius 1 is 1.25 bits per heavy atom. The highest BCUT2D eigenvalue weighted by Crippen LogP contribution is 2.19. The van der Waals surface area contributed by atoms with Crippen LogP contribution in [0.5, 0.6) is 5.75 Å². The Labute approximate surface area is 142 Å². The fourth-order valence-electron chi connectivity index (χ4n) is 3.11. The fourth-order valence-corrected chi connectivity index (χ4v) is 3.11. The molecule has 0 saturated carbocycles. The molecule has 1 aromatic heterocycles. The lowest BCUT2D eigenvalue weighted by Gasteiger charge is -2.15. The lowest BCUT2D eigenvalue weighted by atomic mass is 10.1. The number of nitrogens with zero attached hydrogens (tertiary/aromatic N) is 3. The number of aryl methyl sites for hydroxylation is 1. The predicted molar refractivity (Wildman–Crippen MR) is 90.8 cm³/mol. The van der Waals surface area contributed by atoms with Crippen LogP contribution >= 0.6 is 0 Å². The van der Waals surface area contributed by atoms with Crippen LogP contribution in [-0.2, 0) is 24.2 Å². The van der Waals surface area contributed by atoms with Crippen LogP contribution in [0.2, 0.25) is 0 Å². The van der Waals surface area contributed by atoms with Gasteiger partial charge in [0, 0.05) is 13.0 Å². The van der Waals surface area contributed by atoms with E-state index in [9.17, 15) is 4.79 Å². The molecule has 2 aromatic rings. The van der Waals surface area contributed by atoms with Gasteiger partial charge in [-0.25, -0.2) is 0 Å². The molecule has 1 N–H and O–H groups in total. The maximum atomic E-state index is 12.3. The number of carbonyl (C=O) groups excluding carboxylic acids is 1. The minimum atomic E-state index is -0.143. The summed E-state index contributed by atoms with van der Waals surface area (Å²) in [4.78, 5) is 12.3. The SMILES string of the molecule is COc1ccc(CC(=O)N[C@H](C)c2nnc3n2CCCCC3)cc1. The van der Waals surface area contributed by atoms with Crippen molar-refractivity contribution in [1.82, 2.24) is 20.1 Å². The van der Waals surface area contributed by atoms with E-state index < -0.39 is 0 Å². The summed E-state index contributed by atoms with van der Waals surface area (Å²) in [7, 11) is 1.63. The van der Waals surface area contributed by atoms with Gasteiger partial charge in [0.05, 0.1) is 19.6 Å². The first-order chi connectivity index (χ1) is 11.7. The van der Waals surface area contributed by atoms with Crippen LogP contribution in [0.3, 0.4) is 0 Å². The van der Waals surface area contributed by atoms with Gasteiger partial charge >= 0.3 is 0 Å². The van der Waals surface area contributed by atoms with Gasteiger partial charge < -0.3 is 14.6 Å². The Morgan fingerprint density at radius 2 is 2.04 bits per heavy atom. The molecule has 0 bridgehead atoms. The molecule has 0 radical (unpaired) electrons. The first-order valence-corrected chi connectivity index (χ1v) is 8.51. The molecule has 1 amide bonds. The normalized spacial score (nSPS) is 15.2. The number of hydrogen-bond donors (Lipinski definition) is 1. The average molecular weight is 328 g/mol. The lowest BCUT2D eigenvalue weighted by molar-refractivity contribution is -0.121. The maximum Gasteiger partial charge on any atom is 0.224 e. The van der Waals surface area contributed by atoms with E-state index in [0.29, 0.717) is 6.42 Å². The molecule has 1 aliphatic rings. The molecule has 6 nitrogen and oxygen atoms in total. The van der Waals surface area contributed by atoms with E-state index >= 15 is 0 Å². The zero-order valence-corrected chi connectivity index (χ0v) is 14.3. The highest BCUT2D eigenvalue weighted by atomic mass is 16.5. The topological polar surface area (TPSA) is 69.0 Å². The molecule has 0 saturated heterocycles. The van der Waals surface area contributed by atoms with E-state index in [0.717, 1.165) is 48.8 Å². The summed E-state index contributed by atoms with van der Waals surface area (Å²) < 4.78 is 7.30. The number of rotatable bonds is 5. The van der Waals surface area contributed by atoms with E-state index in [4.69, 9.17) is 4.74 Å². The highest BCUT2D eigenvalue weighted by molar-refractivity contribution is 5.78. The number of ether oxygens (including phenoxy) is 1. The van der Waals surface area contributed by atoms with E-state index in [1.807, 2.05) is 31.2 Å². The zero-order valence-electron chi connectivity index (χ0n) is 14.3. The van der Waals surface area contributed by atoms with Gasteiger partial charge in [0.25, 0.3) is 0 Å². The second kappa shape index (κ2) is 7.47. The van der Waals surface area contributed by atoms with Gasteiger partial charge in [-0.1, -0.05) is 18.6 Å². The largest absolute Gasteiger partial charge is 0.497 e. The number of fused-ring (bicyclic) bond motifs is 1. The van der Waals surface area contributed by atoms with Gasteiger partial charge in [-0.15, -0.1) is 10.2 Å². The second-order valence-corrected chi connectivity index (χ2v) is 6.25. The van der Waals surface area contributed by atoms with E-state index in [-0.39, 0.29) is 11.9 Å². The Bertz CT molecular complexity index is 694. The molecule has 3 rings (SSSR count). The Hall–Kier alpha value is -2.37. The molecule has 0 aliphatic carbocycles. The van der Waals surface area contributed by atoms with E-state index in [1.54, 1.807) is 7.11 Å². The van der Waals surface area contributed by atoms with Crippen molar-refractivity contribution in [3.63, 3.8) is 0 Å². The van der Waals surface area contributed by atoms with Gasteiger partial charge in [-0.2, -0.15) is 0 Å². The van der Waals surface area contributed by atoms with Crippen LogP contribution in [-0.4, -0.2) is 27.8 Å². The molecule has 1 aliphatic heterocycles. The molecule has 1 atom stereocenters. The lowest BCUT2D eigenvalue weighted by Crippen LogP contribution is -2.30. The molecule has 0 fully saturated rings. The molecule has 0 unspecified atom stereocenters. The van der Waals surface area contributed by atoms with Crippen molar-refractivity contribution in [2.24, 2.45) is 0 Å². The van der Waals surface area contributed by atoms with Crippen LogP contribution < -0.4 is 10.1 Å².